The van der Waals surface area contributed by atoms with E-state index >= 15 is 0 Å². The molecule has 0 bridgehead atoms. The Balaban J connectivity index is 2.53. The molecule has 0 heterocycles. The van der Waals surface area contributed by atoms with E-state index in [1.807, 2.05) is 32.0 Å². The first-order valence-electron chi connectivity index (χ1n) is 5.86. The third-order valence-electron chi connectivity index (χ3n) is 2.68. The Hall–Kier alpha value is -1.64. The van der Waals surface area contributed by atoms with Gasteiger partial charge in [0.25, 0.3) is 0 Å². The van der Waals surface area contributed by atoms with Crippen molar-refractivity contribution in [2.45, 2.75) is 40.0 Å². The van der Waals surface area contributed by atoms with Crippen molar-refractivity contribution in [3.8, 4) is 0 Å². The first-order chi connectivity index (χ1) is 8.00. The molecule has 17 heavy (non-hydrogen) atoms. The average molecular weight is 233 g/mol. The second kappa shape index (κ2) is 6.18. The lowest BCUT2D eigenvalue weighted by Crippen LogP contribution is -2.13. The fraction of sp³-hybridized carbons (Fsp3) is 0.429. The zero-order chi connectivity index (χ0) is 12.8. The van der Waals surface area contributed by atoms with E-state index in [2.05, 4.69) is 5.32 Å². The highest BCUT2D eigenvalue weighted by atomic mass is 16.1. The van der Waals surface area contributed by atoms with Crippen LogP contribution in [0, 0.1) is 13.8 Å². The molecule has 1 rings (SSSR count). The van der Waals surface area contributed by atoms with Crippen LogP contribution < -0.4 is 5.32 Å². The Kier molecular flexibility index (Phi) is 4.88. The third-order valence-corrected chi connectivity index (χ3v) is 2.68. The third kappa shape index (κ3) is 4.39. The number of nitrogens with one attached hydrogen (secondary N) is 1. The van der Waals surface area contributed by atoms with E-state index in [1.54, 1.807) is 6.92 Å². The standard InChI is InChI=1S/C14H19NO2/c1-10-6-4-7-11(2)14(10)15-13(17)9-5-8-12(3)16/h4,6-7H,5,8-9H2,1-3H3,(H,15,17). The maximum absolute atomic E-state index is 11.7. The molecule has 0 fully saturated rings. The van der Waals surface area contributed by atoms with Crippen molar-refractivity contribution in [2.24, 2.45) is 0 Å². The number of aryl methyl sites for hydroxylation is 2. The predicted octanol–water partition coefficient (Wildman–Crippen LogP) is 3.00. The largest absolute Gasteiger partial charge is 0.326 e. The van der Waals surface area contributed by atoms with Gasteiger partial charge in [-0.2, -0.15) is 0 Å². The van der Waals surface area contributed by atoms with Gasteiger partial charge in [-0.1, -0.05) is 18.2 Å². The summed E-state index contributed by atoms with van der Waals surface area (Å²) in [6, 6.07) is 5.91. The van der Waals surface area contributed by atoms with Crippen LogP contribution >= 0.6 is 0 Å². The van der Waals surface area contributed by atoms with Gasteiger partial charge in [0.15, 0.2) is 0 Å². The van der Waals surface area contributed by atoms with Crippen molar-refractivity contribution in [2.75, 3.05) is 5.32 Å². The van der Waals surface area contributed by atoms with E-state index < -0.39 is 0 Å². The molecule has 0 aromatic heterocycles. The number of carbonyl (C=O) groups excluding carboxylic acids is 2. The first-order valence-corrected chi connectivity index (χ1v) is 5.86. The van der Waals surface area contributed by atoms with Crippen LogP contribution in [0.5, 0.6) is 0 Å². The average Bonchev–Trinajstić information content (AvgIpc) is 2.23. The monoisotopic (exact) mass is 233 g/mol. The number of benzene rings is 1. The molecule has 1 aromatic carbocycles. The molecule has 0 atom stereocenters. The molecule has 0 aliphatic rings. The summed E-state index contributed by atoms with van der Waals surface area (Å²) in [5, 5.41) is 2.90. The van der Waals surface area contributed by atoms with Gasteiger partial charge in [0.1, 0.15) is 5.78 Å². The van der Waals surface area contributed by atoms with Crippen molar-refractivity contribution in [1.82, 2.24) is 0 Å². The minimum Gasteiger partial charge on any atom is -0.326 e. The Morgan fingerprint density at radius 1 is 1.12 bits per heavy atom. The molecule has 0 aliphatic carbocycles. The summed E-state index contributed by atoms with van der Waals surface area (Å²) in [7, 11) is 0. The SMILES string of the molecule is CC(=O)CCCC(=O)Nc1c(C)cccc1C. The number of amides is 1. The molecule has 0 saturated carbocycles. The Morgan fingerprint density at radius 3 is 2.24 bits per heavy atom. The molecule has 1 aromatic rings. The summed E-state index contributed by atoms with van der Waals surface area (Å²) in [6.07, 6.45) is 1.49. The first kappa shape index (κ1) is 13.4. The Labute approximate surface area is 102 Å². The van der Waals surface area contributed by atoms with E-state index in [0.717, 1.165) is 16.8 Å². The normalized spacial score (nSPS) is 10.1. The lowest BCUT2D eigenvalue weighted by molar-refractivity contribution is -0.117. The number of hydrogen-bond donors (Lipinski definition) is 1. The molecule has 1 amide bonds. The molecule has 3 heteroatoms. The summed E-state index contributed by atoms with van der Waals surface area (Å²) in [4.78, 5) is 22.4. The fourth-order valence-corrected chi connectivity index (χ4v) is 1.71. The van der Waals surface area contributed by atoms with Crippen molar-refractivity contribution in [3.05, 3.63) is 29.3 Å². The zero-order valence-electron chi connectivity index (χ0n) is 10.7. The van der Waals surface area contributed by atoms with Crippen LogP contribution in [0.3, 0.4) is 0 Å². The van der Waals surface area contributed by atoms with Gasteiger partial charge < -0.3 is 10.1 Å². The number of hydrogen-bond acceptors (Lipinski definition) is 2. The smallest absolute Gasteiger partial charge is 0.224 e. The van der Waals surface area contributed by atoms with E-state index in [-0.39, 0.29) is 11.7 Å². The lowest BCUT2D eigenvalue weighted by atomic mass is 10.1. The molecule has 0 unspecified atom stereocenters. The van der Waals surface area contributed by atoms with Crippen molar-refractivity contribution in [1.29, 1.82) is 0 Å². The predicted molar refractivity (Wildman–Crippen MR) is 69.1 cm³/mol. The number of anilines is 1. The molecule has 1 N–H and O–H groups in total. The quantitative estimate of drug-likeness (QED) is 0.849. The van der Waals surface area contributed by atoms with Crippen LogP contribution in [0.15, 0.2) is 18.2 Å². The molecule has 0 aliphatic heterocycles. The molecular weight excluding hydrogens is 214 g/mol. The van der Waals surface area contributed by atoms with Gasteiger partial charge in [-0.15, -0.1) is 0 Å². The van der Waals surface area contributed by atoms with E-state index in [9.17, 15) is 9.59 Å². The summed E-state index contributed by atoms with van der Waals surface area (Å²) >= 11 is 0. The van der Waals surface area contributed by atoms with Gasteiger partial charge in [-0.3, -0.25) is 4.79 Å². The maximum atomic E-state index is 11.7. The number of Topliss-reactive ketones (excluding diaryl/α,β-unsaturated/α-hetero) is 1. The second-order valence-corrected chi connectivity index (χ2v) is 4.37. The topological polar surface area (TPSA) is 46.2 Å². The molecule has 0 saturated heterocycles. The summed E-state index contributed by atoms with van der Waals surface area (Å²) in [6.45, 7) is 5.49. The van der Waals surface area contributed by atoms with E-state index in [0.29, 0.717) is 19.3 Å². The van der Waals surface area contributed by atoms with Crippen LogP contribution in [0.1, 0.15) is 37.3 Å². The minimum atomic E-state index is -0.0244. The highest BCUT2D eigenvalue weighted by Crippen LogP contribution is 2.19. The summed E-state index contributed by atoms with van der Waals surface area (Å²) < 4.78 is 0. The molecule has 92 valence electrons. The fourth-order valence-electron chi connectivity index (χ4n) is 1.71. The van der Waals surface area contributed by atoms with Crippen LogP contribution in [-0.2, 0) is 9.59 Å². The van der Waals surface area contributed by atoms with Gasteiger partial charge in [0.05, 0.1) is 0 Å². The highest BCUT2D eigenvalue weighted by Gasteiger charge is 2.07. The van der Waals surface area contributed by atoms with E-state index in [1.165, 1.54) is 0 Å². The van der Waals surface area contributed by atoms with Crippen LogP contribution in [0.25, 0.3) is 0 Å². The lowest BCUT2D eigenvalue weighted by Gasteiger charge is -2.11. The minimum absolute atomic E-state index is 0.0244. The van der Waals surface area contributed by atoms with Gasteiger partial charge in [-0.05, 0) is 38.3 Å². The second-order valence-electron chi connectivity index (χ2n) is 4.37. The molecule has 0 spiro atoms. The summed E-state index contributed by atoms with van der Waals surface area (Å²) in [5.74, 6) is 0.105. The summed E-state index contributed by atoms with van der Waals surface area (Å²) in [5.41, 5.74) is 3.01. The zero-order valence-corrected chi connectivity index (χ0v) is 10.7. The van der Waals surface area contributed by atoms with Gasteiger partial charge in [0.2, 0.25) is 5.91 Å². The number of carbonyl (C=O) groups is 2. The Morgan fingerprint density at radius 2 is 1.71 bits per heavy atom. The van der Waals surface area contributed by atoms with Crippen LogP contribution in [-0.4, -0.2) is 11.7 Å². The number of ketones is 1. The van der Waals surface area contributed by atoms with Crippen LogP contribution in [0.4, 0.5) is 5.69 Å². The van der Waals surface area contributed by atoms with Crippen LogP contribution in [0.2, 0.25) is 0 Å². The van der Waals surface area contributed by atoms with Crippen molar-refractivity contribution >= 4 is 17.4 Å². The molecule has 3 nitrogen and oxygen atoms in total. The van der Waals surface area contributed by atoms with Crippen molar-refractivity contribution < 1.29 is 9.59 Å². The van der Waals surface area contributed by atoms with Gasteiger partial charge in [0, 0.05) is 18.5 Å². The van der Waals surface area contributed by atoms with Crippen molar-refractivity contribution in [3.63, 3.8) is 0 Å². The van der Waals surface area contributed by atoms with Gasteiger partial charge >= 0.3 is 0 Å². The molecular formula is C14H19NO2. The van der Waals surface area contributed by atoms with Gasteiger partial charge in [-0.25, -0.2) is 0 Å². The van der Waals surface area contributed by atoms with E-state index in [4.69, 9.17) is 0 Å². The highest BCUT2D eigenvalue weighted by molar-refractivity contribution is 5.92. The number of rotatable bonds is 5. The molecule has 0 radical (unpaired) electrons. The maximum Gasteiger partial charge on any atom is 0.224 e. The Bertz CT molecular complexity index is 404. The number of para-hydroxylation sites is 1.